The molecule has 2 rings (SSSR count). The first-order valence-electron chi connectivity index (χ1n) is 4.67. The maximum absolute atomic E-state index is 11.0. The zero-order valence-corrected chi connectivity index (χ0v) is 8.38. The Morgan fingerprint density at radius 2 is 2.12 bits per heavy atom. The van der Waals surface area contributed by atoms with Crippen molar-refractivity contribution in [2.45, 2.75) is 6.42 Å². The van der Waals surface area contributed by atoms with E-state index in [1.165, 1.54) is 0 Å². The number of nitrogens with two attached hydrogens (primary N) is 1. The van der Waals surface area contributed by atoms with E-state index in [-0.39, 0.29) is 18.2 Å². The molecule has 0 spiro atoms. The molecule has 16 heavy (non-hydrogen) atoms. The predicted molar refractivity (Wildman–Crippen MR) is 55.8 cm³/mol. The summed E-state index contributed by atoms with van der Waals surface area (Å²) < 4.78 is 4.91. The van der Waals surface area contributed by atoms with Gasteiger partial charge in [-0.3, -0.25) is 10.2 Å². The highest BCUT2D eigenvalue weighted by atomic mass is 16.5. The van der Waals surface area contributed by atoms with Gasteiger partial charge in [0.25, 0.3) is 0 Å². The maximum atomic E-state index is 11.0. The minimum Gasteiger partial charge on any atom is -0.338 e. The number of rotatable bonds is 3. The summed E-state index contributed by atoms with van der Waals surface area (Å²) in [5.74, 6) is 5.27. The molecule has 0 aliphatic carbocycles. The van der Waals surface area contributed by atoms with Gasteiger partial charge < -0.3 is 4.52 Å². The van der Waals surface area contributed by atoms with Gasteiger partial charge in [-0.1, -0.05) is 35.5 Å². The fourth-order valence-corrected chi connectivity index (χ4v) is 1.22. The Kier molecular flexibility index (Phi) is 2.93. The van der Waals surface area contributed by atoms with E-state index in [0.717, 1.165) is 5.56 Å². The van der Waals surface area contributed by atoms with Crippen LogP contribution in [-0.2, 0) is 11.2 Å². The summed E-state index contributed by atoms with van der Waals surface area (Å²) in [4.78, 5) is 15.0. The van der Waals surface area contributed by atoms with E-state index in [0.29, 0.717) is 5.82 Å². The van der Waals surface area contributed by atoms with Crippen molar-refractivity contribution in [1.82, 2.24) is 15.6 Å². The molecule has 0 saturated heterocycles. The van der Waals surface area contributed by atoms with Gasteiger partial charge in [0.2, 0.25) is 17.6 Å². The molecular weight excluding hydrogens is 208 g/mol. The van der Waals surface area contributed by atoms with Crippen LogP contribution in [0, 0.1) is 0 Å². The molecule has 0 unspecified atom stereocenters. The first kappa shape index (κ1) is 10.3. The number of carbonyl (C=O) groups excluding carboxylic acids is 1. The predicted octanol–water partition coefficient (Wildman–Crippen LogP) is 0.269. The average Bonchev–Trinajstić information content (AvgIpc) is 2.78. The van der Waals surface area contributed by atoms with E-state index >= 15 is 0 Å². The third kappa shape index (κ3) is 2.23. The molecule has 0 aliphatic rings. The molecule has 1 heterocycles. The molecule has 1 amide bonds. The summed E-state index contributed by atoms with van der Waals surface area (Å²) in [7, 11) is 0. The normalized spacial score (nSPS) is 10.1. The lowest BCUT2D eigenvalue weighted by atomic mass is 10.2. The van der Waals surface area contributed by atoms with Crippen LogP contribution >= 0.6 is 0 Å². The third-order valence-corrected chi connectivity index (χ3v) is 1.97. The molecular formula is C10H10N4O2. The largest absolute Gasteiger partial charge is 0.338 e. The zero-order valence-electron chi connectivity index (χ0n) is 8.38. The van der Waals surface area contributed by atoms with Crippen LogP contribution in [-0.4, -0.2) is 16.0 Å². The summed E-state index contributed by atoms with van der Waals surface area (Å²) in [5.41, 5.74) is 2.83. The van der Waals surface area contributed by atoms with Gasteiger partial charge in [0.1, 0.15) is 6.42 Å². The van der Waals surface area contributed by atoms with Crippen LogP contribution in [0.4, 0.5) is 0 Å². The van der Waals surface area contributed by atoms with E-state index in [9.17, 15) is 4.79 Å². The van der Waals surface area contributed by atoms with Crippen molar-refractivity contribution in [2.24, 2.45) is 5.84 Å². The number of hydrazine groups is 1. The van der Waals surface area contributed by atoms with Crippen molar-refractivity contribution in [3.05, 3.63) is 36.2 Å². The summed E-state index contributed by atoms with van der Waals surface area (Å²) >= 11 is 0. The standard InChI is InChI=1S/C10H10N4O2/c11-13-8(15)6-9-12-10(14-16-9)7-4-2-1-3-5-7/h1-5H,6,11H2,(H,13,15). The number of nitrogens with zero attached hydrogens (tertiary/aromatic N) is 2. The summed E-state index contributed by atoms with van der Waals surface area (Å²) in [6, 6.07) is 9.36. The SMILES string of the molecule is NNC(=O)Cc1nc(-c2ccccc2)no1. The molecule has 0 aliphatic heterocycles. The lowest BCUT2D eigenvalue weighted by Gasteiger charge is -1.92. The zero-order chi connectivity index (χ0) is 11.4. The topological polar surface area (TPSA) is 94.0 Å². The second kappa shape index (κ2) is 4.54. The van der Waals surface area contributed by atoms with Crippen LogP contribution in [0.5, 0.6) is 0 Å². The van der Waals surface area contributed by atoms with Gasteiger partial charge in [0, 0.05) is 5.56 Å². The summed E-state index contributed by atoms with van der Waals surface area (Å²) in [6.07, 6.45) is -0.0175. The number of amides is 1. The van der Waals surface area contributed by atoms with Crippen LogP contribution in [0.25, 0.3) is 11.4 Å². The molecule has 1 aromatic heterocycles. The molecule has 1 aromatic carbocycles. The molecule has 6 nitrogen and oxygen atoms in total. The molecule has 0 bridgehead atoms. The fraction of sp³-hybridized carbons (Fsp3) is 0.100. The van der Waals surface area contributed by atoms with Crippen molar-refractivity contribution in [3.63, 3.8) is 0 Å². The minimum atomic E-state index is -0.372. The van der Waals surface area contributed by atoms with Crippen LogP contribution in [0.2, 0.25) is 0 Å². The fourth-order valence-electron chi connectivity index (χ4n) is 1.22. The van der Waals surface area contributed by atoms with Gasteiger partial charge in [-0.2, -0.15) is 4.98 Å². The molecule has 0 atom stereocenters. The summed E-state index contributed by atoms with van der Waals surface area (Å²) in [6.45, 7) is 0. The third-order valence-electron chi connectivity index (χ3n) is 1.97. The van der Waals surface area contributed by atoms with Gasteiger partial charge in [0.15, 0.2) is 0 Å². The van der Waals surface area contributed by atoms with Crippen LogP contribution in [0.15, 0.2) is 34.9 Å². The van der Waals surface area contributed by atoms with Crippen molar-refractivity contribution in [2.75, 3.05) is 0 Å². The molecule has 0 radical (unpaired) electrons. The highest BCUT2D eigenvalue weighted by molar-refractivity contribution is 5.76. The number of carbonyl (C=O) groups is 1. The minimum absolute atomic E-state index is 0.0175. The lowest BCUT2D eigenvalue weighted by Crippen LogP contribution is -2.31. The van der Waals surface area contributed by atoms with Crippen molar-refractivity contribution < 1.29 is 9.32 Å². The Balaban J connectivity index is 2.17. The van der Waals surface area contributed by atoms with Crippen LogP contribution < -0.4 is 11.3 Å². The van der Waals surface area contributed by atoms with Crippen LogP contribution in [0.1, 0.15) is 5.89 Å². The lowest BCUT2D eigenvalue weighted by molar-refractivity contribution is -0.120. The highest BCUT2D eigenvalue weighted by Gasteiger charge is 2.11. The monoisotopic (exact) mass is 218 g/mol. The quantitative estimate of drug-likeness (QED) is 0.438. The first-order chi connectivity index (χ1) is 7.79. The van der Waals surface area contributed by atoms with Gasteiger partial charge >= 0.3 is 0 Å². The molecule has 0 fully saturated rings. The van der Waals surface area contributed by atoms with Gasteiger partial charge in [-0.25, -0.2) is 5.84 Å². The van der Waals surface area contributed by atoms with Crippen molar-refractivity contribution >= 4 is 5.91 Å². The van der Waals surface area contributed by atoms with E-state index in [2.05, 4.69) is 10.1 Å². The number of hydrogen-bond acceptors (Lipinski definition) is 5. The summed E-state index contributed by atoms with van der Waals surface area (Å²) in [5, 5.41) is 3.77. The Hall–Kier alpha value is -2.21. The second-order valence-corrected chi connectivity index (χ2v) is 3.12. The Morgan fingerprint density at radius 3 is 2.81 bits per heavy atom. The Bertz CT molecular complexity index is 481. The van der Waals surface area contributed by atoms with Crippen LogP contribution in [0.3, 0.4) is 0 Å². The number of nitrogens with one attached hydrogen (secondary N) is 1. The molecule has 82 valence electrons. The van der Waals surface area contributed by atoms with Gasteiger partial charge in [0.05, 0.1) is 0 Å². The highest BCUT2D eigenvalue weighted by Crippen LogP contribution is 2.14. The van der Waals surface area contributed by atoms with Crippen molar-refractivity contribution in [1.29, 1.82) is 0 Å². The molecule has 6 heteroatoms. The van der Waals surface area contributed by atoms with Gasteiger partial charge in [-0.05, 0) is 0 Å². The van der Waals surface area contributed by atoms with E-state index in [1.54, 1.807) is 0 Å². The number of aromatic nitrogens is 2. The maximum Gasteiger partial charge on any atom is 0.243 e. The smallest absolute Gasteiger partial charge is 0.243 e. The number of hydrogen-bond donors (Lipinski definition) is 2. The number of benzene rings is 1. The Labute approximate surface area is 91.4 Å². The molecule has 3 N–H and O–H groups in total. The van der Waals surface area contributed by atoms with E-state index in [4.69, 9.17) is 10.4 Å². The molecule has 2 aromatic rings. The second-order valence-electron chi connectivity index (χ2n) is 3.12. The van der Waals surface area contributed by atoms with Gasteiger partial charge in [-0.15, -0.1) is 0 Å². The van der Waals surface area contributed by atoms with Crippen molar-refractivity contribution in [3.8, 4) is 11.4 Å². The average molecular weight is 218 g/mol. The van der Waals surface area contributed by atoms with E-state index in [1.807, 2.05) is 35.8 Å². The first-order valence-corrected chi connectivity index (χ1v) is 4.67. The van der Waals surface area contributed by atoms with E-state index < -0.39 is 0 Å². The Morgan fingerprint density at radius 1 is 1.38 bits per heavy atom. The molecule has 0 saturated carbocycles.